The lowest BCUT2D eigenvalue weighted by Gasteiger charge is -2.56. The summed E-state index contributed by atoms with van der Waals surface area (Å²) in [6.07, 6.45) is -1.99. The van der Waals surface area contributed by atoms with Crippen molar-refractivity contribution in [1.82, 2.24) is 5.06 Å². The minimum Gasteiger partial charge on any atom is -0.457 e. The van der Waals surface area contributed by atoms with Crippen LogP contribution in [0, 0.1) is 5.92 Å². The minimum absolute atomic E-state index is 0.145. The standard InChI is InChI=1S/C11H15N3O5/c1-4-2-5-3-13-10(12)14(18)11(5)7(15)6(4)19-9(17)8(11)16/h3-4,6-8,15-16,18H,2H2,1H3,(H2,12,13)/t4-,6+,7+,8+,11+/m1/s1. The average molecular weight is 269 g/mol. The second-order valence-corrected chi connectivity index (χ2v) is 5.21. The lowest BCUT2D eigenvalue weighted by molar-refractivity contribution is -0.255. The molecule has 1 saturated carbocycles. The second kappa shape index (κ2) is 3.69. The first-order valence-electron chi connectivity index (χ1n) is 5.99. The molecule has 0 radical (unpaired) electrons. The van der Waals surface area contributed by atoms with E-state index >= 15 is 0 Å². The summed E-state index contributed by atoms with van der Waals surface area (Å²) < 4.78 is 5.04. The third-order valence-corrected chi connectivity index (χ3v) is 4.19. The van der Waals surface area contributed by atoms with Gasteiger partial charge in [-0.15, -0.1) is 0 Å². The summed E-state index contributed by atoms with van der Waals surface area (Å²) in [7, 11) is 0. The Bertz CT molecular complexity index is 499. The molecule has 8 nitrogen and oxygen atoms in total. The molecule has 0 unspecified atom stereocenters. The Labute approximate surface area is 108 Å². The number of carbonyl (C=O) groups is 1. The maximum Gasteiger partial charge on any atom is 0.338 e. The van der Waals surface area contributed by atoms with Crippen molar-refractivity contribution in [2.24, 2.45) is 16.6 Å². The molecule has 0 aromatic rings. The van der Waals surface area contributed by atoms with Crippen molar-refractivity contribution in [3.8, 4) is 0 Å². The van der Waals surface area contributed by atoms with Gasteiger partial charge in [0.05, 0.1) is 0 Å². The Morgan fingerprint density at radius 1 is 1.58 bits per heavy atom. The van der Waals surface area contributed by atoms with Crippen LogP contribution in [-0.4, -0.2) is 56.3 Å². The van der Waals surface area contributed by atoms with Crippen LogP contribution in [0.2, 0.25) is 0 Å². The van der Waals surface area contributed by atoms with Gasteiger partial charge >= 0.3 is 5.97 Å². The molecule has 2 heterocycles. The Morgan fingerprint density at radius 3 is 2.95 bits per heavy atom. The fourth-order valence-corrected chi connectivity index (χ4v) is 3.20. The van der Waals surface area contributed by atoms with Gasteiger partial charge in [0.25, 0.3) is 0 Å². The van der Waals surface area contributed by atoms with Crippen LogP contribution in [0.3, 0.4) is 0 Å². The second-order valence-electron chi connectivity index (χ2n) is 5.21. The number of hydrogen-bond acceptors (Lipinski definition) is 8. The minimum atomic E-state index is -1.73. The highest BCUT2D eigenvalue weighted by atomic mass is 16.6. The fourth-order valence-electron chi connectivity index (χ4n) is 3.20. The molecule has 5 atom stereocenters. The van der Waals surface area contributed by atoms with Gasteiger partial charge in [-0.05, 0) is 17.9 Å². The average Bonchev–Trinajstić information content (AvgIpc) is 2.37. The number of aliphatic imine (C=N–C) groups is 1. The van der Waals surface area contributed by atoms with Gasteiger partial charge in [0.2, 0.25) is 5.96 Å². The van der Waals surface area contributed by atoms with E-state index in [0.717, 1.165) is 0 Å². The van der Waals surface area contributed by atoms with Crippen LogP contribution in [0.15, 0.2) is 16.8 Å². The molecule has 0 aromatic carbocycles. The molecule has 19 heavy (non-hydrogen) atoms. The largest absolute Gasteiger partial charge is 0.457 e. The smallest absolute Gasteiger partial charge is 0.338 e. The van der Waals surface area contributed by atoms with E-state index in [9.17, 15) is 20.2 Å². The van der Waals surface area contributed by atoms with Gasteiger partial charge in [-0.25, -0.2) is 14.9 Å². The molecule has 3 rings (SSSR count). The third kappa shape index (κ3) is 1.28. The topological polar surface area (TPSA) is 129 Å². The summed E-state index contributed by atoms with van der Waals surface area (Å²) in [5.41, 5.74) is 4.29. The van der Waals surface area contributed by atoms with E-state index in [4.69, 9.17) is 10.5 Å². The molecule has 104 valence electrons. The van der Waals surface area contributed by atoms with Gasteiger partial charge < -0.3 is 20.7 Å². The summed E-state index contributed by atoms with van der Waals surface area (Å²) in [6.45, 7) is 1.81. The molecular weight excluding hydrogens is 254 g/mol. The molecule has 8 heteroatoms. The first-order valence-corrected chi connectivity index (χ1v) is 5.99. The highest BCUT2D eigenvalue weighted by Gasteiger charge is 2.66. The van der Waals surface area contributed by atoms with Crippen LogP contribution in [0.1, 0.15) is 13.3 Å². The van der Waals surface area contributed by atoms with Gasteiger partial charge in [-0.3, -0.25) is 5.21 Å². The number of nitrogens with zero attached hydrogens (tertiary/aromatic N) is 2. The number of carbonyl (C=O) groups excluding carboxylic acids is 1. The van der Waals surface area contributed by atoms with Crippen LogP contribution in [0.25, 0.3) is 0 Å². The third-order valence-electron chi connectivity index (χ3n) is 4.19. The predicted octanol–water partition coefficient (Wildman–Crippen LogP) is -1.68. The molecule has 2 fully saturated rings. The van der Waals surface area contributed by atoms with Crippen LogP contribution in [-0.2, 0) is 9.53 Å². The fraction of sp³-hybridized carbons (Fsp3) is 0.636. The monoisotopic (exact) mass is 269 g/mol. The van der Waals surface area contributed by atoms with E-state index in [-0.39, 0.29) is 11.9 Å². The number of rotatable bonds is 0. The Balaban J connectivity index is 2.20. The van der Waals surface area contributed by atoms with Gasteiger partial charge in [0.15, 0.2) is 11.6 Å². The highest BCUT2D eigenvalue weighted by molar-refractivity contribution is 5.85. The van der Waals surface area contributed by atoms with Gasteiger partial charge in [-0.1, -0.05) is 6.92 Å². The molecule has 3 aliphatic rings. The van der Waals surface area contributed by atoms with Crippen molar-refractivity contribution in [2.75, 3.05) is 0 Å². The predicted molar refractivity (Wildman–Crippen MR) is 61.7 cm³/mol. The molecule has 2 bridgehead atoms. The van der Waals surface area contributed by atoms with Crippen molar-refractivity contribution in [1.29, 1.82) is 0 Å². The van der Waals surface area contributed by atoms with Crippen LogP contribution >= 0.6 is 0 Å². The van der Waals surface area contributed by atoms with Crippen LogP contribution in [0.4, 0.5) is 0 Å². The molecular formula is C11H15N3O5. The summed E-state index contributed by atoms with van der Waals surface area (Å²) in [4.78, 5) is 15.6. The zero-order chi connectivity index (χ0) is 13.9. The van der Waals surface area contributed by atoms with Crippen molar-refractivity contribution in [3.05, 3.63) is 11.8 Å². The van der Waals surface area contributed by atoms with Crippen molar-refractivity contribution >= 4 is 11.9 Å². The van der Waals surface area contributed by atoms with Gasteiger partial charge in [0.1, 0.15) is 12.2 Å². The van der Waals surface area contributed by atoms with Gasteiger partial charge in [0, 0.05) is 6.20 Å². The highest BCUT2D eigenvalue weighted by Crippen LogP contribution is 2.48. The van der Waals surface area contributed by atoms with Crippen LogP contribution in [0.5, 0.6) is 0 Å². The van der Waals surface area contributed by atoms with E-state index < -0.39 is 29.8 Å². The molecule has 1 aliphatic carbocycles. The number of esters is 1. The number of aliphatic hydroxyl groups is 2. The SMILES string of the molecule is C[C@@H]1CC2=CN=C(N)N(O)[C@@]23[C@@H](O)C(=O)O[C@@H]1[C@@H]3O. The van der Waals surface area contributed by atoms with E-state index in [2.05, 4.69) is 4.99 Å². The van der Waals surface area contributed by atoms with Crippen molar-refractivity contribution < 1.29 is 25.0 Å². The Hall–Kier alpha value is -1.64. The van der Waals surface area contributed by atoms with E-state index in [1.807, 2.05) is 6.92 Å². The zero-order valence-electron chi connectivity index (χ0n) is 10.2. The molecule has 0 aromatic heterocycles. The normalized spacial score (nSPS) is 45.1. The van der Waals surface area contributed by atoms with Crippen molar-refractivity contribution in [3.63, 3.8) is 0 Å². The molecule has 1 saturated heterocycles. The summed E-state index contributed by atoms with van der Waals surface area (Å²) in [5, 5.41) is 31.2. The lowest BCUT2D eigenvalue weighted by atomic mass is 9.65. The number of ether oxygens (including phenoxy) is 1. The van der Waals surface area contributed by atoms with E-state index in [1.165, 1.54) is 6.20 Å². The number of hydroxylamine groups is 2. The lowest BCUT2D eigenvalue weighted by Crippen LogP contribution is -2.77. The zero-order valence-corrected chi connectivity index (χ0v) is 10.2. The number of nitrogens with two attached hydrogens (primary N) is 1. The molecule has 2 aliphatic heterocycles. The summed E-state index contributed by atoms with van der Waals surface area (Å²) in [5.74, 6) is -1.32. The number of fused-ring (bicyclic) bond motifs is 1. The molecule has 1 spiro atoms. The van der Waals surface area contributed by atoms with E-state index in [0.29, 0.717) is 17.1 Å². The molecule has 5 N–H and O–H groups in total. The maximum atomic E-state index is 11.8. The Morgan fingerprint density at radius 2 is 2.26 bits per heavy atom. The van der Waals surface area contributed by atoms with Gasteiger partial charge in [-0.2, -0.15) is 0 Å². The van der Waals surface area contributed by atoms with Crippen LogP contribution < -0.4 is 5.73 Å². The summed E-state index contributed by atoms with van der Waals surface area (Å²) in [6, 6.07) is 0. The number of hydrogen-bond donors (Lipinski definition) is 4. The number of guanidine groups is 1. The maximum absolute atomic E-state index is 11.8. The van der Waals surface area contributed by atoms with Crippen molar-refractivity contribution in [2.45, 2.75) is 37.2 Å². The molecule has 0 amide bonds. The summed E-state index contributed by atoms with van der Waals surface area (Å²) >= 11 is 0. The first kappa shape index (κ1) is 12.4. The van der Waals surface area contributed by atoms with E-state index in [1.54, 1.807) is 0 Å². The Kier molecular flexibility index (Phi) is 2.40. The first-order chi connectivity index (χ1) is 8.90. The quantitative estimate of drug-likeness (QED) is 0.386. The number of aliphatic hydroxyl groups excluding tert-OH is 2.